The van der Waals surface area contributed by atoms with Crippen LogP contribution in [0.25, 0.3) is 0 Å². The Morgan fingerprint density at radius 2 is 1.90 bits per heavy atom. The molecule has 1 saturated carbocycles. The predicted octanol–water partition coefficient (Wildman–Crippen LogP) is 2.87. The van der Waals surface area contributed by atoms with Gasteiger partial charge in [0.05, 0.1) is 10.0 Å². The number of amides is 1. The number of hydrogen-bond acceptors (Lipinski definition) is 2. The molecule has 1 saturated heterocycles. The van der Waals surface area contributed by atoms with E-state index in [9.17, 15) is 4.79 Å². The van der Waals surface area contributed by atoms with E-state index in [1.165, 1.54) is 0 Å². The summed E-state index contributed by atoms with van der Waals surface area (Å²) in [4.78, 5) is 16.6. The first-order valence-electron chi connectivity index (χ1n) is 6.86. The van der Waals surface area contributed by atoms with E-state index in [1.807, 2.05) is 4.90 Å². The van der Waals surface area contributed by atoms with Crippen molar-refractivity contribution in [2.45, 2.75) is 0 Å². The first-order chi connectivity index (χ1) is 9.47. The Labute approximate surface area is 129 Å². The molecule has 2 fully saturated rings. The van der Waals surface area contributed by atoms with E-state index in [1.54, 1.807) is 18.2 Å². The molecule has 3 rings (SSSR count). The van der Waals surface area contributed by atoms with Gasteiger partial charge in [-0.2, -0.15) is 0 Å². The maximum atomic E-state index is 12.4. The Bertz CT molecular complexity index is 535. The minimum atomic E-state index is 0.0689. The molecule has 3 nitrogen and oxygen atoms in total. The summed E-state index contributed by atoms with van der Waals surface area (Å²) in [6, 6.07) is 5.09. The van der Waals surface area contributed by atoms with Gasteiger partial charge in [-0.25, -0.2) is 0 Å². The van der Waals surface area contributed by atoms with Crippen molar-refractivity contribution in [3.8, 4) is 0 Å². The molecular weight excluding hydrogens is 295 g/mol. The van der Waals surface area contributed by atoms with Gasteiger partial charge in [0.1, 0.15) is 0 Å². The number of benzene rings is 1. The zero-order valence-electron chi connectivity index (χ0n) is 11.6. The summed E-state index contributed by atoms with van der Waals surface area (Å²) in [5.74, 6) is 2.20. The molecule has 1 aliphatic carbocycles. The molecule has 1 aromatic rings. The van der Waals surface area contributed by atoms with Crippen molar-refractivity contribution >= 4 is 29.1 Å². The molecule has 0 bridgehead atoms. The van der Waals surface area contributed by atoms with E-state index >= 15 is 0 Å². The van der Waals surface area contributed by atoms with Crippen LogP contribution in [0.3, 0.4) is 0 Å². The zero-order chi connectivity index (χ0) is 14.4. The summed E-state index contributed by atoms with van der Waals surface area (Å²) in [5, 5.41) is 0.922. The van der Waals surface area contributed by atoms with Crippen molar-refractivity contribution < 1.29 is 4.79 Å². The normalized spacial score (nSPS) is 27.9. The van der Waals surface area contributed by atoms with Crippen molar-refractivity contribution in [3.63, 3.8) is 0 Å². The highest BCUT2D eigenvalue weighted by molar-refractivity contribution is 6.42. The van der Waals surface area contributed by atoms with E-state index in [-0.39, 0.29) is 5.91 Å². The highest BCUT2D eigenvalue weighted by Crippen LogP contribution is 2.52. The minimum Gasteiger partial charge on any atom is -0.338 e. The first kappa shape index (κ1) is 14.2. The fourth-order valence-corrected chi connectivity index (χ4v) is 3.62. The number of piperidine rings is 1. The number of rotatable bonds is 3. The lowest BCUT2D eigenvalue weighted by molar-refractivity contribution is 0.0765. The van der Waals surface area contributed by atoms with Crippen LogP contribution in [0.5, 0.6) is 0 Å². The molecule has 1 heterocycles. The average molecular weight is 313 g/mol. The van der Waals surface area contributed by atoms with E-state index in [4.69, 9.17) is 23.2 Å². The summed E-state index contributed by atoms with van der Waals surface area (Å²) >= 11 is 11.9. The SMILES string of the molecule is CN(C)CC1[C@H]2CN(C(=O)c3ccc(Cl)c(Cl)c3)C[C@@H]12. The Balaban J connectivity index is 1.62. The van der Waals surface area contributed by atoms with Gasteiger partial charge in [-0.15, -0.1) is 0 Å². The van der Waals surface area contributed by atoms with Crippen LogP contribution in [0.15, 0.2) is 18.2 Å². The second-order valence-electron chi connectivity index (χ2n) is 6.09. The topological polar surface area (TPSA) is 23.6 Å². The molecule has 2 aliphatic rings. The van der Waals surface area contributed by atoms with Gasteiger partial charge in [-0.05, 0) is 50.0 Å². The van der Waals surface area contributed by atoms with Gasteiger partial charge in [-0.3, -0.25) is 4.79 Å². The molecule has 0 spiro atoms. The standard InChI is InChI=1S/C15H18Cl2N2O/c1-18(2)6-10-11-7-19(8-12(10)11)15(20)9-3-4-13(16)14(17)5-9/h3-5,10-12H,6-8H2,1-2H3/t10?,11-,12+. The fourth-order valence-electron chi connectivity index (χ4n) is 3.32. The Hall–Kier alpha value is -0.770. The lowest BCUT2D eigenvalue weighted by atomic mass is 10.2. The van der Waals surface area contributed by atoms with Crippen LogP contribution in [0.1, 0.15) is 10.4 Å². The summed E-state index contributed by atoms with van der Waals surface area (Å²) in [6.07, 6.45) is 0. The van der Waals surface area contributed by atoms with Crippen molar-refractivity contribution in [1.29, 1.82) is 0 Å². The highest BCUT2D eigenvalue weighted by atomic mass is 35.5. The Morgan fingerprint density at radius 3 is 2.45 bits per heavy atom. The van der Waals surface area contributed by atoms with Gasteiger partial charge >= 0.3 is 0 Å². The van der Waals surface area contributed by atoms with Gasteiger partial charge < -0.3 is 9.80 Å². The molecule has 20 heavy (non-hydrogen) atoms. The van der Waals surface area contributed by atoms with Gasteiger partial charge in [0.15, 0.2) is 0 Å². The van der Waals surface area contributed by atoms with E-state index in [0.717, 1.165) is 25.6 Å². The molecule has 1 aromatic carbocycles. The number of hydrogen-bond donors (Lipinski definition) is 0. The van der Waals surface area contributed by atoms with Gasteiger partial charge in [0.25, 0.3) is 5.91 Å². The van der Waals surface area contributed by atoms with Crippen LogP contribution in [-0.2, 0) is 0 Å². The molecule has 1 unspecified atom stereocenters. The van der Waals surface area contributed by atoms with E-state index in [2.05, 4.69) is 19.0 Å². The fraction of sp³-hybridized carbons (Fsp3) is 0.533. The van der Waals surface area contributed by atoms with Crippen LogP contribution in [0, 0.1) is 17.8 Å². The van der Waals surface area contributed by atoms with Crippen LogP contribution in [-0.4, -0.2) is 49.4 Å². The third kappa shape index (κ3) is 2.54. The monoisotopic (exact) mass is 312 g/mol. The van der Waals surface area contributed by atoms with E-state index < -0.39 is 0 Å². The number of halogens is 2. The first-order valence-corrected chi connectivity index (χ1v) is 7.62. The maximum absolute atomic E-state index is 12.4. The molecule has 5 heteroatoms. The quantitative estimate of drug-likeness (QED) is 0.857. The molecule has 3 atom stereocenters. The van der Waals surface area contributed by atoms with E-state index in [0.29, 0.717) is 27.4 Å². The van der Waals surface area contributed by atoms with Crippen molar-refractivity contribution in [1.82, 2.24) is 9.80 Å². The van der Waals surface area contributed by atoms with Gasteiger partial charge in [-0.1, -0.05) is 23.2 Å². The lowest BCUT2D eigenvalue weighted by Crippen LogP contribution is -2.33. The Kier molecular flexibility index (Phi) is 3.69. The number of nitrogens with zero attached hydrogens (tertiary/aromatic N) is 2. The summed E-state index contributed by atoms with van der Waals surface area (Å²) in [7, 11) is 4.21. The highest BCUT2D eigenvalue weighted by Gasteiger charge is 2.56. The third-order valence-corrected chi connectivity index (χ3v) is 5.14. The molecule has 0 aromatic heterocycles. The molecule has 0 N–H and O–H groups in total. The summed E-state index contributed by atoms with van der Waals surface area (Å²) in [6.45, 7) is 2.88. The van der Waals surface area contributed by atoms with Crippen LogP contribution in [0.2, 0.25) is 10.0 Å². The van der Waals surface area contributed by atoms with Crippen molar-refractivity contribution in [3.05, 3.63) is 33.8 Å². The largest absolute Gasteiger partial charge is 0.338 e. The van der Waals surface area contributed by atoms with Crippen molar-refractivity contribution in [2.24, 2.45) is 17.8 Å². The van der Waals surface area contributed by atoms with Crippen LogP contribution in [0.4, 0.5) is 0 Å². The lowest BCUT2D eigenvalue weighted by Gasteiger charge is -2.21. The third-order valence-electron chi connectivity index (χ3n) is 4.40. The van der Waals surface area contributed by atoms with Gasteiger partial charge in [0.2, 0.25) is 0 Å². The summed E-state index contributed by atoms with van der Waals surface area (Å²) in [5.41, 5.74) is 0.629. The number of carbonyl (C=O) groups excluding carboxylic acids is 1. The van der Waals surface area contributed by atoms with Crippen LogP contribution < -0.4 is 0 Å². The smallest absolute Gasteiger partial charge is 0.253 e. The molecular formula is C15H18Cl2N2O. The molecule has 108 valence electrons. The van der Waals surface area contributed by atoms with Gasteiger partial charge in [0, 0.05) is 25.2 Å². The second kappa shape index (κ2) is 5.21. The average Bonchev–Trinajstić information content (AvgIpc) is 2.86. The predicted molar refractivity (Wildman–Crippen MR) is 81.4 cm³/mol. The van der Waals surface area contributed by atoms with Crippen LogP contribution >= 0.6 is 23.2 Å². The minimum absolute atomic E-state index is 0.0689. The maximum Gasteiger partial charge on any atom is 0.253 e. The Morgan fingerprint density at radius 1 is 1.25 bits per heavy atom. The number of carbonyl (C=O) groups is 1. The number of likely N-dealkylation sites (tertiary alicyclic amines) is 1. The number of fused-ring (bicyclic) bond motifs is 1. The molecule has 1 amide bonds. The molecule has 0 radical (unpaired) electrons. The zero-order valence-corrected chi connectivity index (χ0v) is 13.2. The second-order valence-corrected chi connectivity index (χ2v) is 6.91. The van der Waals surface area contributed by atoms with Crippen molar-refractivity contribution in [2.75, 3.05) is 33.7 Å². The summed E-state index contributed by atoms with van der Waals surface area (Å²) < 4.78 is 0. The molecule has 1 aliphatic heterocycles.